The van der Waals surface area contributed by atoms with E-state index in [0.717, 1.165) is 30.8 Å². The first kappa shape index (κ1) is 18.2. The Labute approximate surface area is 145 Å². The summed E-state index contributed by atoms with van der Waals surface area (Å²) in [4.78, 5) is 11.9. The van der Waals surface area contributed by atoms with Crippen LogP contribution in [0.25, 0.3) is 0 Å². The van der Waals surface area contributed by atoms with E-state index in [2.05, 4.69) is 28.1 Å². The number of unbranched alkanes of at least 4 members (excludes halogenated alkanes) is 5. The fraction of sp³-hybridized carbons (Fsp3) is 0.500. The number of nitrogens with zero attached hydrogens (tertiary/aromatic N) is 2. The molecule has 4 nitrogen and oxygen atoms in total. The van der Waals surface area contributed by atoms with Gasteiger partial charge in [0.1, 0.15) is 0 Å². The quantitative estimate of drug-likeness (QED) is 0.662. The summed E-state index contributed by atoms with van der Waals surface area (Å²) in [5, 5.41) is 7.47. The SMILES string of the molecule is Cc1cc(C)n(CCCCCCCCNC(=O)c2ccccc2)n1. The summed E-state index contributed by atoms with van der Waals surface area (Å²) < 4.78 is 2.11. The van der Waals surface area contributed by atoms with Crippen LogP contribution in [-0.2, 0) is 6.54 Å². The van der Waals surface area contributed by atoms with Gasteiger partial charge in [0, 0.05) is 24.3 Å². The predicted octanol–water partition coefficient (Wildman–Crippen LogP) is 4.27. The number of amides is 1. The lowest BCUT2D eigenvalue weighted by molar-refractivity contribution is 0.0953. The number of hydrogen-bond donors (Lipinski definition) is 1. The lowest BCUT2D eigenvalue weighted by Gasteiger charge is -2.06. The van der Waals surface area contributed by atoms with E-state index in [1.54, 1.807) is 0 Å². The van der Waals surface area contributed by atoms with E-state index in [1.165, 1.54) is 37.8 Å². The molecule has 0 saturated heterocycles. The Morgan fingerprint density at radius 1 is 1.00 bits per heavy atom. The summed E-state index contributed by atoms with van der Waals surface area (Å²) in [6, 6.07) is 11.5. The van der Waals surface area contributed by atoms with Crippen molar-refractivity contribution in [3.63, 3.8) is 0 Å². The van der Waals surface area contributed by atoms with Gasteiger partial charge in [-0.2, -0.15) is 5.10 Å². The molecule has 0 atom stereocenters. The van der Waals surface area contributed by atoms with Crippen LogP contribution in [0.4, 0.5) is 0 Å². The summed E-state index contributed by atoms with van der Waals surface area (Å²) in [6.07, 6.45) is 7.15. The van der Waals surface area contributed by atoms with Crippen molar-refractivity contribution in [3.05, 3.63) is 53.3 Å². The van der Waals surface area contributed by atoms with Crippen molar-refractivity contribution < 1.29 is 4.79 Å². The fourth-order valence-electron chi connectivity index (χ4n) is 2.89. The molecule has 1 amide bonds. The highest BCUT2D eigenvalue weighted by Gasteiger charge is 2.03. The standard InChI is InChI=1S/C20H29N3O/c1-17-16-18(2)23(22-17)15-11-6-4-3-5-10-14-21-20(24)19-12-8-7-9-13-19/h7-9,12-13,16H,3-6,10-11,14-15H2,1-2H3,(H,21,24). The van der Waals surface area contributed by atoms with Gasteiger partial charge in [0.25, 0.3) is 5.91 Å². The van der Waals surface area contributed by atoms with Crippen molar-refractivity contribution >= 4 is 5.91 Å². The molecule has 2 rings (SSSR count). The first-order valence-electron chi connectivity index (χ1n) is 9.01. The van der Waals surface area contributed by atoms with Gasteiger partial charge < -0.3 is 5.32 Å². The van der Waals surface area contributed by atoms with Crippen LogP contribution >= 0.6 is 0 Å². The molecule has 1 aromatic heterocycles. The smallest absolute Gasteiger partial charge is 0.251 e. The first-order valence-corrected chi connectivity index (χ1v) is 9.01. The first-order chi connectivity index (χ1) is 11.7. The summed E-state index contributed by atoms with van der Waals surface area (Å²) in [7, 11) is 0. The van der Waals surface area contributed by atoms with Crippen LogP contribution in [0.1, 0.15) is 60.3 Å². The Kier molecular flexibility index (Phi) is 7.53. The molecule has 0 unspecified atom stereocenters. The average Bonchev–Trinajstić information content (AvgIpc) is 2.91. The molecule has 0 bridgehead atoms. The highest BCUT2D eigenvalue weighted by atomic mass is 16.1. The molecule has 24 heavy (non-hydrogen) atoms. The molecule has 0 spiro atoms. The average molecular weight is 327 g/mol. The van der Waals surface area contributed by atoms with E-state index in [9.17, 15) is 4.79 Å². The van der Waals surface area contributed by atoms with Crippen molar-refractivity contribution in [2.45, 2.75) is 58.9 Å². The molecule has 1 heterocycles. The Hall–Kier alpha value is -2.10. The van der Waals surface area contributed by atoms with E-state index in [-0.39, 0.29) is 5.91 Å². The number of hydrogen-bond acceptors (Lipinski definition) is 2. The van der Waals surface area contributed by atoms with Gasteiger partial charge in [0.2, 0.25) is 0 Å². The van der Waals surface area contributed by atoms with Gasteiger partial charge in [-0.1, -0.05) is 43.9 Å². The number of carbonyl (C=O) groups is 1. The van der Waals surface area contributed by atoms with E-state index in [1.807, 2.05) is 37.3 Å². The van der Waals surface area contributed by atoms with Gasteiger partial charge >= 0.3 is 0 Å². The maximum absolute atomic E-state index is 11.9. The van der Waals surface area contributed by atoms with Gasteiger partial charge in [0.15, 0.2) is 0 Å². The minimum absolute atomic E-state index is 0.0282. The lowest BCUT2D eigenvalue weighted by atomic mass is 10.1. The van der Waals surface area contributed by atoms with E-state index in [0.29, 0.717) is 0 Å². The molecule has 0 fully saturated rings. The molecule has 0 aliphatic rings. The van der Waals surface area contributed by atoms with Gasteiger partial charge in [-0.15, -0.1) is 0 Å². The van der Waals surface area contributed by atoms with E-state index in [4.69, 9.17) is 0 Å². The maximum atomic E-state index is 11.9. The monoisotopic (exact) mass is 327 g/mol. The minimum atomic E-state index is 0.0282. The van der Waals surface area contributed by atoms with Crippen molar-refractivity contribution in [1.82, 2.24) is 15.1 Å². The van der Waals surface area contributed by atoms with Crippen molar-refractivity contribution in [2.75, 3.05) is 6.54 Å². The summed E-state index contributed by atoms with van der Waals surface area (Å²) >= 11 is 0. The highest BCUT2D eigenvalue weighted by molar-refractivity contribution is 5.94. The number of aryl methyl sites for hydroxylation is 3. The van der Waals surface area contributed by atoms with Crippen molar-refractivity contribution in [2.24, 2.45) is 0 Å². The van der Waals surface area contributed by atoms with Gasteiger partial charge in [-0.25, -0.2) is 0 Å². The molecule has 2 aromatic rings. The number of rotatable bonds is 10. The van der Waals surface area contributed by atoms with Crippen LogP contribution in [0.15, 0.2) is 36.4 Å². The molecule has 1 aromatic carbocycles. The largest absolute Gasteiger partial charge is 0.352 e. The van der Waals surface area contributed by atoms with Crippen molar-refractivity contribution in [1.29, 1.82) is 0 Å². The zero-order valence-electron chi connectivity index (χ0n) is 14.9. The Balaban J connectivity index is 1.46. The fourth-order valence-corrected chi connectivity index (χ4v) is 2.89. The third-order valence-corrected chi connectivity index (χ3v) is 4.22. The molecule has 0 aliphatic carbocycles. The summed E-state index contributed by atoms with van der Waals surface area (Å²) in [5.41, 5.74) is 3.09. The number of aromatic nitrogens is 2. The van der Waals surface area contributed by atoms with Gasteiger partial charge in [-0.3, -0.25) is 9.48 Å². The third kappa shape index (κ3) is 6.19. The molecule has 4 heteroatoms. The Morgan fingerprint density at radius 2 is 1.67 bits per heavy atom. The minimum Gasteiger partial charge on any atom is -0.352 e. The van der Waals surface area contributed by atoms with Crippen LogP contribution in [0.2, 0.25) is 0 Å². The zero-order chi connectivity index (χ0) is 17.2. The number of nitrogens with one attached hydrogen (secondary N) is 1. The van der Waals surface area contributed by atoms with Crippen LogP contribution in [0, 0.1) is 13.8 Å². The normalized spacial score (nSPS) is 10.8. The molecular formula is C20H29N3O. The summed E-state index contributed by atoms with van der Waals surface area (Å²) in [6.45, 7) is 5.94. The van der Waals surface area contributed by atoms with Crippen molar-refractivity contribution in [3.8, 4) is 0 Å². The van der Waals surface area contributed by atoms with Gasteiger partial charge in [-0.05, 0) is 44.9 Å². The van der Waals surface area contributed by atoms with Crippen LogP contribution in [0.3, 0.4) is 0 Å². The number of carbonyl (C=O) groups excluding carboxylic acids is 1. The summed E-state index contributed by atoms with van der Waals surface area (Å²) in [5.74, 6) is 0.0282. The maximum Gasteiger partial charge on any atom is 0.251 e. The highest BCUT2D eigenvalue weighted by Crippen LogP contribution is 2.08. The second-order valence-electron chi connectivity index (χ2n) is 6.39. The number of benzene rings is 1. The molecular weight excluding hydrogens is 298 g/mol. The second kappa shape index (κ2) is 9.91. The van der Waals surface area contributed by atoms with Crippen LogP contribution < -0.4 is 5.32 Å². The molecule has 0 saturated carbocycles. The van der Waals surface area contributed by atoms with Gasteiger partial charge in [0.05, 0.1) is 5.69 Å². The Morgan fingerprint density at radius 3 is 2.33 bits per heavy atom. The zero-order valence-corrected chi connectivity index (χ0v) is 14.9. The molecule has 0 aliphatic heterocycles. The van der Waals surface area contributed by atoms with Crippen LogP contribution in [-0.4, -0.2) is 22.2 Å². The predicted molar refractivity (Wildman–Crippen MR) is 98.2 cm³/mol. The molecule has 1 N–H and O–H groups in total. The van der Waals surface area contributed by atoms with E-state index >= 15 is 0 Å². The topological polar surface area (TPSA) is 46.9 Å². The Bertz CT molecular complexity index is 619. The van der Waals surface area contributed by atoms with E-state index < -0.39 is 0 Å². The molecule has 130 valence electrons. The third-order valence-electron chi connectivity index (χ3n) is 4.22. The second-order valence-corrected chi connectivity index (χ2v) is 6.39. The lowest BCUT2D eigenvalue weighted by Crippen LogP contribution is -2.24. The molecule has 0 radical (unpaired) electrons. The van der Waals surface area contributed by atoms with Crippen LogP contribution in [0.5, 0.6) is 0 Å².